The molecule has 2 aliphatic rings. The fourth-order valence-corrected chi connectivity index (χ4v) is 4.08. The van der Waals surface area contributed by atoms with Crippen molar-refractivity contribution in [3.63, 3.8) is 0 Å². The van der Waals surface area contributed by atoms with E-state index in [1.165, 1.54) is 12.1 Å². The number of aryl methyl sites for hydroxylation is 1. The molecule has 126 valence electrons. The smallest absolute Gasteiger partial charge is 0.134 e. The number of aromatic nitrogens is 2. The second kappa shape index (κ2) is 6.09. The summed E-state index contributed by atoms with van der Waals surface area (Å²) in [5, 5.41) is 0. The maximum Gasteiger partial charge on any atom is 0.134 e. The van der Waals surface area contributed by atoms with Gasteiger partial charge in [0.15, 0.2) is 0 Å². The SMILES string of the molecule is Cc1cncnc1N1CC2CN(Cc3cc(F)cc(F)c3)CC2C1. The fraction of sp³-hybridized carbons (Fsp3) is 0.444. The Balaban J connectivity index is 1.40. The first-order chi connectivity index (χ1) is 11.6. The van der Waals surface area contributed by atoms with Gasteiger partial charge < -0.3 is 4.90 Å². The number of hydrogen-bond acceptors (Lipinski definition) is 4. The number of likely N-dealkylation sites (tertiary alicyclic amines) is 1. The largest absolute Gasteiger partial charge is 0.356 e. The van der Waals surface area contributed by atoms with E-state index in [-0.39, 0.29) is 0 Å². The van der Waals surface area contributed by atoms with Gasteiger partial charge in [-0.25, -0.2) is 18.7 Å². The zero-order valence-corrected chi connectivity index (χ0v) is 13.6. The third-order valence-corrected chi connectivity index (χ3v) is 5.06. The van der Waals surface area contributed by atoms with Gasteiger partial charge in [0.1, 0.15) is 23.8 Å². The van der Waals surface area contributed by atoms with Crippen LogP contribution < -0.4 is 4.90 Å². The summed E-state index contributed by atoms with van der Waals surface area (Å²) in [7, 11) is 0. The number of benzene rings is 1. The molecule has 0 saturated carbocycles. The summed E-state index contributed by atoms with van der Waals surface area (Å²) in [5.41, 5.74) is 1.81. The average Bonchev–Trinajstić information content (AvgIpc) is 3.04. The van der Waals surface area contributed by atoms with Crippen LogP contribution in [0, 0.1) is 30.4 Å². The van der Waals surface area contributed by atoms with Crippen LogP contribution in [-0.4, -0.2) is 41.0 Å². The quantitative estimate of drug-likeness (QED) is 0.866. The highest BCUT2D eigenvalue weighted by molar-refractivity contribution is 5.46. The molecule has 1 aromatic carbocycles. The summed E-state index contributed by atoms with van der Waals surface area (Å²) in [5.74, 6) is 1.18. The lowest BCUT2D eigenvalue weighted by Crippen LogP contribution is -2.29. The van der Waals surface area contributed by atoms with Crippen molar-refractivity contribution in [2.45, 2.75) is 13.5 Å². The van der Waals surface area contributed by atoms with E-state index >= 15 is 0 Å². The summed E-state index contributed by atoms with van der Waals surface area (Å²) < 4.78 is 26.7. The molecule has 2 aromatic rings. The van der Waals surface area contributed by atoms with E-state index in [2.05, 4.69) is 19.8 Å². The van der Waals surface area contributed by atoms with Gasteiger partial charge in [0.05, 0.1) is 0 Å². The summed E-state index contributed by atoms with van der Waals surface area (Å²) in [6.07, 6.45) is 3.45. The highest BCUT2D eigenvalue weighted by Gasteiger charge is 2.40. The Morgan fingerprint density at radius 1 is 1.04 bits per heavy atom. The molecule has 6 heteroatoms. The van der Waals surface area contributed by atoms with E-state index < -0.39 is 11.6 Å². The van der Waals surface area contributed by atoms with E-state index in [0.717, 1.165) is 43.6 Å². The molecule has 0 bridgehead atoms. The van der Waals surface area contributed by atoms with Crippen molar-refractivity contribution in [3.05, 3.63) is 53.5 Å². The zero-order chi connectivity index (χ0) is 16.7. The van der Waals surface area contributed by atoms with Gasteiger partial charge in [-0.1, -0.05) is 0 Å². The molecule has 0 N–H and O–H groups in total. The predicted molar refractivity (Wildman–Crippen MR) is 87.6 cm³/mol. The van der Waals surface area contributed by atoms with Gasteiger partial charge in [0.25, 0.3) is 0 Å². The minimum atomic E-state index is -0.505. The summed E-state index contributed by atoms with van der Waals surface area (Å²) in [4.78, 5) is 13.1. The van der Waals surface area contributed by atoms with E-state index in [0.29, 0.717) is 23.9 Å². The fourth-order valence-electron chi connectivity index (χ4n) is 4.08. The van der Waals surface area contributed by atoms with E-state index in [4.69, 9.17) is 0 Å². The van der Waals surface area contributed by atoms with Gasteiger partial charge in [0, 0.05) is 50.6 Å². The Hall–Kier alpha value is -2.08. The van der Waals surface area contributed by atoms with Crippen molar-refractivity contribution >= 4 is 5.82 Å². The Morgan fingerprint density at radius 2 is 1.71 bits per heavy atom. The van der Waals surface area contributed by atoms with Crippen LogP contribution in [0.1, 0.15) is 11.1 Å². The lowest BCUT2D eigenvalue weighted by molar-refractivity contribution is 0.307. The van der Waals surface area contributed by atoms with E-state index in [1.54, 1.807) is 6.33 Å². The normalized spacial score (nSPS) is 23.7. The van der Waals surface area contributed by atoms with E-state index in [9.17, 15) is 8.78 Å². The van der Waals surface area contributed by atoms with Crippen molar-refractivity contribution in [2.24, 2.45) is 11.8 Å². The average molecular weight is 330 g/mol. The third kappa shape index (κ3) is 2.98. The second-order valence-electron chi connectivity index (χ2n) is 6.93. The van der Waals surface area contributed by atoms with Crippen LogP contribution in [-0.2, 0) is 6.54 Å². The first-order valence-electron chi connectivity index (χ1n) is 8.27. The maximum atomic E-state index is 13.3. The van der Waals surface area contributed by atoms with Crippen LogP contribution in [0.25, 0.3) is 0 Å². The highest BCUT2D eigenvalue weighted by atomic mass is 19.1. The summed E-state index contributed by atoms with van der Waals surface area (Å²) in [6, 6.07) is 3.77. The molecule has 4 nitrogen and oxygen atoms in total. The molecular weight excluding hydrogens is 310 g/mol. The molecule has 3 heterocycles. The maximum absolute atomic E-state index is 13.3. The zero-order valence-electron chi connectivity index (χ0n) is 13.6. The Bertz CT molecular complexity index is 717. The van der Waals surface area contributed by atoms with Crippen molar-refractivity contribution in [1.82, 2.24) is 14.9 Å². The van der Waals surface area contributed by atoms with Crippen LogP contribution in [0.5, 0.6) is 0 Å². The molecule has 0 spiro atoms. The monoisotopic (exact) mass is 330 g/mol. The summed E-state index contributed by atoms with van der Waals surface area (Å²) >= 11 is 0. The number of rotatable bonds is 3. The van der Waals surface area contributed by atoms with Crippen LogP contribution in [0.3, 0.4) is 0 Å². The molecule has 2 aliphatic heterocycles. The molecule has 0 radical (unpaired) electrons. The lowest BCUT2D eigenvalue weighted by Gasteiger charge is -2.23. The third-order valence-electron chi connectivity index (χ3n) is 5.06. The molecule has 2 unspecified atom stereocenters. The lowest BCUT2D eigenvalue weighted by atomic mass is 10.0. The molecule has 2 atom stereocenters. The molecule has 1 aromatic heterocycles. The number of fused-ring (bicyclic) bond motifs is 1. The van der Waals surface area contributed by atoms with Gasteiger partial charge >= 0.3 is 0 Å². The minimum absolute atomic E-state index is 0.505. The number of nitrogens with zero attached hydrogens (tertiary/aromatic N) is 4. The molecule has 2 fully saturated rings. The number of halogens is 2. The summed E-state index contributed by atoms with van der Waals surface area (Å²) in [6.45, 7) is 6.53. The van der Waals surface area contributed by atoms with Crippen LogP contribution in [0.15, 0.2) is 30.7 Å². The first kappa shape index (κ1) is 15.4. The topological polar surface area (TPSA) is 32.3 Å². The molecule has 0 aliphatic carbocycles. The van der Waals surface area contributed by atoms with Gasteiger partial charge in [-0.2, -0.15) is 0 Å². The standard InChI is InChI=1S/C18H20F2N4/c1-12-5-21-11-22-18(12)24-9-14-7-23(8-15(14)10-24)6-13-2-16(19)4-17(20)3-13/h2-5,11,14-15H,6-10H2,1H3. The number of hydrogen-bond donors (Lipinski definition) is 0. The van der Waals surface area contributed by atoms with Gasteiger partial charge in [0.2, 0.25) is 0 Å². The van der Waals surface area contributed by atoms with Gasteiger partial charge in [-0.05, 0) is 36.5 Å². The number of anilines is 1. The predicted octanol–water partition coefficient (Wildman–Crippen LogP) is 2.63. The van der Waals surface area contributed by atoms with Gasteiger partial charge in [-0.3, -0.25) is 4.90 Å². The molecule has 24 heavy (non-hydrogen) atoms. The second-order valence-corrected chi connectivity index (χ2v) is 6.93. The van der Waals surface area contributed by atoms with Crippen molar-refractivity contribution in [1.29, 1.82) is 0 Å². The Kier molecular flexibility index (Phi) is 3.92. The van der Waals surface area contributed by atoms with Crippen molar-refractivity contribution < 1.29 is 8.78 Å². The molecular formula is C18H20F2N4. The van der Waals surface area contributed by atoms with Crippen LogP contribution in [0.4, 0.5) is 14.6 Å². The Labute approximate surface area is 140 Å². The van der Waals surface area contributed by atoms with E-state index in [1.807, 2.05) is 13.1 Å². The first-order valence-corrected chi connectivity index (χ1v) is 8.27. The molecule has 2 saturated heterocycles. The van der Waals surface area contributed by atoms with Crippen molar-refractivity contribution in [2.75, 3.05) is 31.1 Å². The Morgan fingerprint density at radius 3 is 2.33 bits per heavy atom. The minimum Gasteiger partial charge on any atom is -0.356 e. The van der Waals surface area contributed by atoms with Gasteiger partial charge in [-0.15, -0.1) is 0 Å². The van der Waals surface area contributed by atoms with Crippen molar-refractivity contribution in [3.8, 4) is 0 Å². The van der Waals surface area contributed by atoms with Crippen LogP contribution in [0.2, 0.25) is 0 Å². The highest BCUT2D eigenvalue weighted by Crippen LogP contribution is 2.34. The van der Waals surface area contributed by atoms with Crippen LogP contribution >= 0.6 is 0 Å². The molecule has 4 rings (SSSR count). The molecule has 0 amide bonds.